The zero-order valence-electron chi connectivity index (χ0n) is 13.7. The van der Waals surface area contributed by atoms with Gasteiger partial charge in [-0.3, -0.25) is 9.69 Å². The van der Waals surface area contributed by atoms with Gasteiger partial charge in [0.1, 0.15) is 0 Å². The average molecular weight is 331 g/mol. The lowest BCUT2D eigenvalue weighted by Crippen LogP contribution is -2.38. The van der Waals surface area contributed by atoms with Gasteiger partial charge in [0.2, 0.25) is 5.91 Å². The van der Waals surface area contributed by atoms with Crippen molar-refractivity contribution in [3.63, 3.8) is 0 Å². The molecule has 1 amide bonds. The van der Waals surface area contributed by atoms with Crippen molar-refractivity contribution in [2.24, 2.45) is 0 Å². The highest BCUT2D eigenvalue weighted by molar-refractivity contribution is 6.31. The van der Waals surface area contributed by atoms with Crippen molar-refractivity contribution in [1.29, 1.82) is 0 Å². The fourth-order valence-electron chi connectivity index (χ4n) is 2.48. The number of amides is 1. The Bertz CT molecular complexity index is 630. The Morgan fingerprint density at radius 2 is 1.65 bits per heavy atom. The molecule has 0 saturated heterocycles. The second kappa shape index (κ2) is 8.70. The second-order valence-corrected chi connectivity index (χ2v) is 6.06. The molecule has 3 nitrogen and oxygen atoms in total. The van der Waals surface area contributed by atoms with Gasteiger partial charge >= 0.3 is 0 Å². The van der Waals surface area contributed by atoms with Gasteiger partial charge in [0, 0.05) is 24.7 Å². The largest absolute Gasteiger partial charge is 0.338 e. The van der Waals surface area contributed by atoms with Crippen LogP contribution in [-0.2, 0) is 17.9 Å². The van der Waals surface area contributed by atoms with Crippen molar-refractivity contribution in [2.45, 2.75) is 20.0 Å². The monoisotopic (exact) mass is 330 g/mol. The second-order valence-electron chi connectivity index (χ2n) is 5.66. The molecule has 2 aromatic carbocycles. The van der Waals surface area contributed by atoms with E-state index in [0.29, 0.717) is 26.2 Å². The SMILES string of the molecule is CCN(Cc1ccccc1)C(=O)CN(C)Cc1ccccc1Cl. The number of hydrogen-bond donors (Lipinski definition) is 0. The van der Waals surface area contributed by atoms with Crippen LogP contribution in [0.5, 0.6) is 0 Å². The molecule has 0 radical (unpaired) electrons. The van der Waals surface area contributed by atoms with E-state index < -0.39 is 0 Å². The first-order valence-electron chi connectivity index (χ1n) is 7.83. The summed E-state index contributed by atoms with van der Waals surface area (Å²) in [5.41, 5.74) is 2.19. The van der Waals surface area contributed by atoms with E-state index in [1.807, 2.05) is 78.4 Å². The average Bonchev–Trinajstić information content (AvgIpc) is 2.55. The van der Waals surface area contributed by atoms with Crippen molar-refractivity contribution in [3.05, 3.63) is 70.7 Å². The molecule has 122 valence electrons. The van der Waals surface area contributed by atoms with E-state index in [9.17, 15) is 4.79 Å². The van der Waals surface area contributed by atoms with Crippen LogP contribution < -0.4 is 0 Å². The predicted octanol–water partition coefficient (Wildman–Crippen LogP) is 3.82. The number of rotatable bonds is 7. The van der Waals surface area contributed by atoms with Gasteiger partial charge in [-0.25, -0.2) is 0 Å². The molecule has 0 heterocycles. The van der Waals surface area contributed by atoms with E-state index in [1.165, 1.54) is 0 Å². The summed E-state index contributed by atoms with van der Waals surface area (Å²) in [6, 6.07) is 17.8. The molecule has 23 heavy (non-hydrogen) atoms. The standard InChI is InChI=1S/C19H23ClN2O/c1-3-22(13-16-9-5-4-6-10-16)19(23)15-21(2)14-17-11-7-8-12-18(17)20/h4-12H,3,13-15H2,1-2H3. The molecular formula is C19H23ClN2O. The number of carbonyl (C=O) groups is 1. The minimum absolute atomic E-state index is 0.130. The fourth-order valence-corrected chi connectivity index (χ4v) is 2.68. The molecule has 0 aliphatic heterocycles. The molecule has 2 rings (SSSR count). The molecular weight excluding hydrogens is 308 g/mol. The van der Waals surface area contributed by atoms with E-state index in [0.717, 1.165) is 16.1 Å². The van der Waals surface area contributed by atoms with Crippen LogP contribution in [0.15, 0.2) is 54.6 Å². The highest BCUT2D eigenvalue weighted by Gasteiger charge is 2.15. The highest BCUT2D eigenvalue weighted by Crippen LogP contribution is 2.16. The summed E-state index contributed by atoms with van der Waals surface area (Å²) < 4.78 is 0. The predicted molar refractivity (Wildman–Crippen MR) is 95.3 cm³/mol. The van der Waals surface area contributed by atoms with Gasteiger partial charge in [0.15, 0.2) is 0 Å². The molecule has 0 atom stereocenters. The molecule has 0 unspecified atom stereocenters. The quantitative estimate of drug-likeness (QED) is 0.770. The molecule has 0 saturated carbocycles. The van der Waals surface area contributed by atoms with Crippen molar-refractivity contribution in [3.8, 4) is 0 Å². The maximum Gasteiger partial charge on any atom is 0.237 e. The van der Waals surface area contributed by atoms with Crippen LogP contribution in [0.25, 0.3) is 0 Å². The first-order valence-corrected chi connectivity index (χ1v) is 8.21. The highest BCUT2D eigenvalue weighted by atomic mass is 35.5. The third kappa shape index (κ3) is 5.38. The lowest BCUT2D eigenvalue weighted by atomic mass is 10.2. The minimum atomic E-state index is 0.130. The van der Waals surface area contributed by atoms with Crippen molar-refractivity contribution >= 4 is 17.5 Å². The Hall–Kier alpha value is -1.84. The van der Waals surface area contributed by atoms with E-state index in [1.54, 1.807) is 0 Å². The number of nitrogens with zero attached hydrogens (tertiary/aromatic N) is 2. The van der Waals surface area contributed by atoms with Gasteiger partial charge in [-0.05, 0) is 31.2 Å². The summed E-state index contributed by atoms with van der Waals surface area (Å²) in [5.74, 6) is 0.130. The normalized spacial score (nSPS) is 10.8. The van der Waals surface area contributed by atoms with Crippen molar-refractivity contribution in [1.82, 2.24) is 9.80 Å². The van der Waals surface area contributed by atoms with Crippen LogP contribution in [0.2, 0.25) is 5.02 Å². The summed E-state index contributed by atoms with van der Waals surface area (Å²) in [5, 5.41) is 0.739. The molecule has 0 spiro atoms. The smallest absolute Gasteiger partial charge is 0.237 e. The molecule has 0 fully saturated rings. The number of halogens is 1. The molecule has 0 N–H and O–H groups in total. The molecule has 0 bridgehead atoms. The van der Waals surface area contributed by atoms with Gasteiger partial charge < -0.3 is 4.90 Å². The van der Waals surface area contributed by atoms with E-state index >= 15 is 0 Å². The Morgan fingerprint density at radius 3 is 2.30 bits per heavy atom. The van der Waals surface area contributed by atoms with Gasteiger partial charge in [-0.2, -0.15) is 0 Å². The lowest BCUT2D eigenvalue weighted by Gasteiger charge is -2.24. The fraction of sp³-hybridized carbons (Fsp3) is 0.316. The maximum atomic E-state index is 12.5. The third-order valence-corrected chi connectivity index (χ3v) is 4.12. The third-order valence-electron chi connectivity index (χ3n) is 3.75. The number of carbonyl (C=O) groups excluding carboxylic acids is 1. The van der Waals surface area contributed by atoms with Crippen LogP contribution in [0.3, 0.4) is 0 Å². The Morgan fingerprint density at radius 1 is 1.00 bits per heavy atom. The molecule has 2 aromatic rings. The Labute approximate surface area is 143 Å². The lowest BCUT2D eigenvalue weighted by molar-refractivity contribution is -0.132. The van der Waals surface area contributed by atoms with Gasteiger partial charge in [0.25, 0.3) is 0 Å². The van der Waals surface area contributed by atoms with E-state index in [-0.39, 0.29) is 5.91 Å². The molecule has 0 aromatic heterocycles. The summed E-state index contributed by atoms with van der Waals surface area (Å²) in [4.78, 5) is 16.4. The first kappa shape index (κ1) is 17.5. The van der Waals surface area contributed by atoms with Crippen molar-refractivity contribution in [2.75, 3.05) is 20.1 Å². The van der Waals surface area contributed by atoms with Crippen molar-refractivity contribution < 1.29 is 4.79 Å². The van der Waals surface area contributed by atoms with Crippen LogP contribution >= 0.6 is 11.6 Å². The van der Waals surface area contributed by atoms with Crippen LogP contribution in [0.1, 0.15) is 18.1 Å². The van der Waals surface area contributed by atoms with E-state index in [4.69, 9.17) is 11.6 Å². The summed E-state index contributed by atoms with van der Waals surface area (Å²) >= 11 is 6.18. The zero-order valence-corrected chi connectivity index (χ0v) is 14.5. The van der Waals surface area contributed by atoms with Gasteiger partial charge in [0.05, 0.1) is 6.54 Å². The summed E-state index contributed by atoms with van der Waals surface area (Å²) in [6.45, 7) is 4.40. The van der Waals surface area contributed by atoms with Crippen LogP contribution in [-0.4, -0.2) is 35.8 Å². The topological polar surface area (TPSA) is 23.6 Å². The summed E-state index contributed by atoms with van der Waals surface area (Å²) in [7, 11) is 1.94. The van der Waals surface area contributed by atoms with E-state index in [2.05, 4.69) is 0 Å². The maximum absolute atomic E-state index is 12.5. The number of hydrogen-bond acceptors (Lipinski definition) is 2. The summed E-state index contributed by atoms with van der Waals surface area (Å²) in [6.07, 6.45) is 0. The Balaban J connectivity index is 1.92. The first-order chi connectivity index (χ1) is 11.1. The van der Waals surface area contributed by atoms with Gasteiger partial charge in [-0.1, -0.05) is 60.1 Å². The molecule has 4 heteroatoms. The van der Waals surface area contributed by atoms with Crippen LogP contribution in [0.4, 0.5) is 0 Å². The minimum Gasteiger partial charge on any atom is -0.338 e. The molecule has 0 aliphatic carbocycles. The number of benzene rings is 2. The Kier molecular flexibility index (Phi) is 6.63. The molecule has 0 aliphatic rings. The van der Waals surface area contributed by atoms with Gasteiger partial charge in [-0.15, -0.1) is 0 Å². The van der Waals surface area contributed by atoms with Crippen LogP contribution in [0, 0.1) is 0 Å². The number of likely N-dealkylation sites (N-methyl/N-ethyl adjacent to an activating group) is 2. The zero-order chi connectivity index (χ0) is 16.7.